The SMILES string of the molecule is O=C(CCCSc1nnc(Cc2ccccc2)n1-c1ccc(Cl)c(Cl)c1)NCc1ccncc1. The van der Waals surface area contributed by atoms with E-state index in [1.807, 2.05) is 47.0 Å². The van der Waals surface area contributed by atoms with Gasteiger partial charge in [0.05, 0.1) is 15.7 Å². The van der Waals surface area contributed by atoms with E-state index in [4.69, 9.17) is 23.2 Å². The normalized spacial score (nSPS) is 10.9. The molecule has 2 aromatic carbocycles. The number of aromatic nitrogens is 4. The maximum Gasteiger partial charge on any atom is 0.220 e. The van der Waals surface area contributed by atoms with Gasteiger partial charge < -0.3 is 5.32 Å². The van der Waals surface area contributed by atoms with Gasteiger partial charge in [-0.15, -0.1) is 10.2 Å². The molecule has 4 rings (SSSR count). The van der Waals surface area contributed by atoms with E-state index >= 15 is 0 Å². The van der Waals surface area contributed by atoms with E-state index in [9.17, 15) is 4.79 Å². The minimum atomic E-state index is 0.0214. The highest BCUT2D eigenvalue weighted by molar-refractivity contribution is 7.99. The molecule has 2 heterocycles. The van der Waals surface area contributed by atoms with Gasteiger partial charge in [0.15, 0.2) is 5.16 Å². The Kier molecular flexibility index (Phi) is 8.57. The Morgan fingerprint density at radius 2 is 1.74 bits per heavy atom. The number of carbonyl (C=O) groups is 1. The zero-order chi connectivity index (χ0) is 23.8. The summed E-state index contributed by atoms with van der Waals surface area (Å²) in [4.78, 5) is 16.2. The summed E-state index contributed by atoms with van der Waals surface area (Å²) in [6, 6.07) is 19.4. The van der Waals surface area contributed by atoms with Gasteiger partial charge in [0, 0.05) is 37.5 Å². The first-order valence-electron chi connectivity index (χ1n) is 10.8. The fourth-order valence-corrected chi connectivity index (χ4v) is 4.56. The van der Waals surface area contributed by atoms with Crippen molar-refractivity contribution in [2.24, 2.45) is 0 Å². The number of nitrogens with one attached hydrogen (secondary N) is 1. The predicted octanol–water partition coefficient (Wildman–Crippen LogP) is 5.75. The van der Waals surface area contributed by atoms with Crippen LogP contribution in [0.25, 0.3) is 5.69 Å². The fourth-order valence-electron chi connectivity index (χ4n) is 3.36. The van der Waals surface area contributed by atoms with Gasteiger partial charge in [0.1, 0.15) is 5.82 Å². The third-order valence-corrected chi connectivity index (χ3v) is 6.84. The summed E-state index contributed by atoms with van der Waals surface area (Å²) >= 11 is 14.0. The lowest BCUT2D eigenvalue weighted by Crippen LogP contribution is -2.22. The molecular weight excluding hydrogens is 489 g/mol. The van der Waals surface area contributed by atoms with Gasteiger partial charge in [-0.05, 0) is 47.9 Å². The van der Waals surface area contributed by atoms with Crippen LogP contribution in [0.15, 0.2) is 78.2 Å². The molecule has 174 valence electrons. The number of benzene rings is 2. The van der Waals surface area contributed by atoms with Gasteiger partial charge in [-0.25, -0.2) is 0 Å². The molecule has 0 saturated heterocycles. The standard InChI is InChI=1S/C25H23Cl2N5OS/c26-21-9-8-20(16-22(21)27)32-23(15-18-5-2-1-3-6-18)30-31-25(32)34-14-4-7-24(33)29-17-19-10-12-28-13-11-19/h1-3,5-6,8-13,16H,4,7,14-15,17H2,(H,29,33). The predicted molar refractivity (Wildman–Crippen MR) is 137 cm³/mol. The number of rotatable bonds is 10. The highest BCUT2D eigenvalue weighted by Crippen LogP contribution is 2.29. The topological polar surface area (TPSA) is 72.7 Å². The van der Waals surface area contributed by atoms with Crippen molar-refractivity contribution < 1.29 is 4.79 Å². The van der Waals surface area contributed by atoms with Gasteiger partial charge in [0.25, 0.3) is 0 Å². The molecule has 0 bridgehead atoms. The third-order valence-electron chi connectivity index (χ3n) is 5.09. The zero-order valence-corrected chi connectivity index (χ0v) is 20.7. The summed E-state index contributed by atoms with van der Waals surface area (Å²) in [6.45, 7) is 0.503. The zero-order valence-electron chi connectivity index (χ0n) is 18.3. The average Bonchev–Trinajstić information content (AvgIpc) is 3.25. The minimum absolute atomic E-state index is 0.0214. The summed E-state index contributed by atoms with van der Waals surface area (Å²) in [5, 5.41) is 13.5. The van der Waals surface area contributed by atoms with E-state index in [1.165, 1.54) is 0 Å². The molecule has 1 N–H and O–H groups in total. The summed E-state index contributed by atoms with van der Waals surface area (Å²) in [5.41, 5.74) is 3.01. The number of pyridine rings is 1. The number of thioether (sulfide) groups is 1. The van der Waals surface area contributed by atoms with E-state index < -0.39 is 0 Å². The van der Waals surface area contributed by atoms with Gasteiger partial charge in [-0.1, -0.05) is 65.3 Å². The van der Waals surface area contributed by atoms with Crippen molar-refractivity contribution in [3.05, 3.63) is 100 Å². The Labute approximate surface area is 212 Å². The van der Waals surface area contributed by atoms with Crippen LogP contribution in [0.2, 0.25) is 10.0 Å². The number of halogens is 2. The second kappa shape index (κ2) is 12.0. The number of hydrogen-bond acceptors (Lipinski definition) is 5. The first kappa shape index (κ1) is 24.3. The van der Waals surface area contributed by atoms with Gasteiger partial charge in [0.2, 0.25) is 5.91 Å². The van der Waals surface area contributed by atoms with Crippen LogP contribution < -0.4 is 5.32 Å². The number of nitrogens with zero attached hydrogens (tertiary/aromatic N) is 4. The van der Waals surface area contributed by atoms with Gasteiger partial charge >= 0.3 is 0 Å². The molecule has 34 heavy (non-hydrogen) atoms. The summed E-state index contributed by atoms with van der Waals surface area (Å²) in [7, 11) is 0. The molecule has 9 heteroatoms. The van der Waals surface area contributed by atoms with Crippen LogP contribution in [0, 0.1) is 0 Å². The number of amides is 1. The second-order valence-corrected chi connectivity index (χ2v) is 9.46. The van der Waals surface area contributed by atoms with Crippen molar-refractivity contribution in [3.63, 3.8) is 0 Å². The number of hydrogen-bond donors (Lipinski definition) is 1. The Balaban J connectivity index is 1.40. The maximum atomic E-state index is 12.2. The first-order valence-corrected chi connectivity index (χ1v) is 12.6. The lowest BCUT2D eigenvalue weighted by Gasteiger charge is -2.11. The molecule has 0 aliphatic heterocycles. The first-order chi connectivity index (χ1) is 16.6. The number of carbonyl (C=O) groups excluding carboxylic acids is 1. The molecule has 1 amide bonds. The van der Waals surface area contributed by atoms with Crippen LogP contribution >= 0.6 is 35.0 Å². The van der Waals surface area contributed by atoms with Crippen molar-refractivity contribution in [1.29, 1.82) is 0 Å². The van der Waals surface area contributed by atoms with Crippen LogP contribution in [0.5, 0.6) is 0 Å². The molecule has 0 aliphatic rings. The monoisotopic (exact) mass is 511 g/mol. The molecule has 0 radical (unpaired) electrons. The Hall–Kier alpha value is -2.87. The van der Waals surface area contributed by atoms with E-state index in [0.717, 1.165) is 40.0 Å². The highest BCUT2D eigenvalue weighted by atomic mass is 35.5. The highest BCUT2D eigenvalue weighted by Gasteiger charge is 2.16. The van der Waals surface area contributed by atoms with Crippen LogP contribution in [-0.4, -0.2) is 31.4 Å². The molecule has 4 aromatic rings. The van der Waals surface area contributed by atoms with Crippen molar-refractivity contribution in [3.8, 4) is 5.69 Å². The quantitative estimate of drug-likeness (QED) is 0.217. The summed E-state index contributed by atoms with van der Waals surface area (Å²) < 4.78 is 2.00. The van der Waals surface area contributed by atoms with Crippen molar-refractivity contribution in [2.75, 3.05) is 5.75 Å². The molecule has 0 spiro atoms. The third kappa shape index (κ3) is 6.59. The Morgan fingerprint density at radius 3 is 2.50 bits per heavy atom. The average molecular weight is 512 g/mol. The van der Waals surface area contributed by atoms with E-state index in [2.05, 4.69) is 32.6 Å². The van der Waals surface area contributed by atoms with Gasteiger partial charge in [-0.3, -0.25) is 14.3 Å². The van der Waals surface area contributed by atoms with Crippen LogP contribution in [-0.2, 0) is 17.8 Å². The Morgan fingerprint density at radius 1 is 0.941 bits per heavy atom. The molecular formula is C25H23Cl2N5OS. The minimum Gasteiger partial charge on any atom is -0.352 e. The molecule has 0 fully saturated rings. The largest absolute Gasteiger partial charge is 0.352 e. The lowest BCUT2D eigenvalue weighted by atomic mass is 10.1. The molecule has 2 aromatic heterocycles. The van der Waals surface area contributed by atoms with Crippen molar-refractivity contribution in [2.45, 2.75) is 31.0 Å². The maximum absolute atomic E-state index is 12.2. The Bertz CT molecular complexity index is 1230. The fraction of sp³-hybridized carbons (Fsp3) is 0.200. The van der Waals surface area contributed by atoms with Crippen LogP contribution in [0.1, 0.15) is 29.8 Å². The van der Waals surface area contributed by atoms with Crippen molar-refractivity contribution >= 4 is 40.9 Å². The van der Waals surface area contributed by atoms with Crippen LogP contribution in [0.3, 0.4) is 0 Å². The van der Waals surface area contributed by atoms with E-state index in [0.29, 0.717) is 29.4 Å². The van der Waals surface area contributed by atoms with Gasteiger partial charge in [-0.2, -0.15) is 0 Å². The van der Waals surface area contributed by atoms with E-state index in [1.54, 1.807) is 30.2 Å². The summed E-state index contributed by atoms with van der Waals surface area (Å²) in [6.07, 6.45) is 5.22. The van der Waals surface area contributed by atoms with Crippen LogP contribution in [0.4, 0.5) is 0 Å². The molecule has 0 atom stereocenters. The molecule has 0 aliphatic carbocycles. The van der Waals surface area contributed by atoms with E-state index in [-0.39, 0.29) is 5.91 Å². The molecule has 0 saturated carbocycles. The van der Waals surface area contributed by atoms with Crippen molar-refractivity contribution in [1.82, 2.24) is 25.1 Å². The lowest BCUT2D eigenvalue weighted by molar-refractivity contribution is -0.121. The molecule has 0 unspecified atom stereocenters. The second-order valence-electron chi connectivity index (χ2n) is 7.58. The molecule has 6 nitrogen and oxygen atoms in total. The smallest absolute Gasteiger partial charge is 0.220 e. The summed E-state index contributed by atoms with van der Waals surface area (Å²) in [5.74, 6) is 1.56.